The van der Waals surface area contributed by atoms with E-state index >= 15 is 0 Å². The van der Waals surface area contributed by atoms with Gasteiger partial charge in [0.05, 0.1) is 18.4 Å². The molecule has 0 bridgehead atoms. The van der Waals surface area contributed by atoms with E-state index in [0.717, 1.165) is 29.2 Å². The highest BCUT2D eigenvalue weighted by molar-refractivity contribution is 7.99. The van der Waals surface area contributed by atoms with Crippen molar-refractivity contribution in [2.45, 2.75) is 51.1 Å². The molecule has 0 saturated carbocycles. The third kappa shape index (κ3) is 4.62. The minimum Gasteiger partial charge on any atom is -0.360 e. The molecule has 9 heteroatoms. The van der Waals surface area contributed by atoms with Gasteiger partial charge in [0.2, 0.25) is 5.28 Å². The number of pyridine rings is 1. The van der Waals surface area contributed by atoms with E-state index in [0.29, 0.717) is 17.7 Å². The van der Waals surface area contributed by atoms with Crippen LogP contribution in [-0.2, 0) is 6.54 Å². The number of rotatable bonds is 8. The Kier molecular flexibility index (Phi) is 6.85. The Bertz CT molecular complexity index is 1010. The molecule has 28 heavy (non-hydrogen) atoms. The van der Waals surface area contributed by atoms with Gasteiger partial charge in [-0.15, -0.1) is 11.8 Å². The van der Waals surface area contributed by atoms with Gasteiger partial charge in [0.25, 0.3) is 5.56 Å². The molecule has 0 aliphatic carbocycles. The second-order valence-corrected chi connectivity index (χ2v) is 8.07. The second-order valence-electron chi connectivity index (χ2n) is 6.39. The molecule has 0 unspecified atom stereocenters. The van der Waals surface area contributed by atoms with Gasteiger partial charge >= 0.3 is 0 Å². The van der Waals surface area contributed by atoms with Gasteiger partial charge in [0.15, 0.2) is 11.5 Å². The van der Waals surface area contributed by atoms with Crippen LogP contribution in [0.15, 0.2) is 34.2 Å². The van der Waals surface area contributed by atoms with E-state index in [1.165, 1.54) is 0 Å². The predicted octanol–water partition coefficient (Wildman–Crippen LogP) is 4.32. The SMILES string of the molecule is CCC[C@H](C)n1c(=O)c(NCc2ccc(SCC)cn2)nc2cnc(Cl)nc21. The van der Waals surface area contributed by atoms with E-state index in [2.05, 4.69) is 39.1 Å². The van der Waals surface area contributed by atoms with Gasteiger partial charge in [-0.2, -0.15) is 4.98 Å². The Morgan fingerprint density at radius 1 is 1.21 bits per heavy atom. The zero-order valence-corrected chi connectivity index (χ0v) is 17.7. The van der Waals surface area contributed by atoms with Crippen molar-refractivity contribution in [2.24, 2.45) is 0 Å². The first kappa shape index (κ1) is 20.5. The summed E-state index contributed by atoms with van der Waals surface area (Å²) in [6.07, 6.45) is 5.18. The fourth-order valence-corrected chi connectivity index (χ4v) is 3.75. The molecule has 0 saturated heterocycles. The molecule has 148 valence electrons. The van der Waals surface area contributed by atoms with Crippen LogP contribution in [0.2, 0.25) is 5.28 Å². The molecule has 0 fully saturated rings. The standard InChI is InChI=1S/C19H23ClN6OS/c1-4-6-12(3)26-17-15(11-23-19(20)25-17)24-16(18(26)27)22-9-13-7-8-14(10-21-13)28-5-2/h7-8,10-12H,4-6,9H2,1-3H3,(H,22,24)/t12-/m0/s1. The molecule has 1 atom stereocenters. The first-order valence-electron chi connectivity index (χ1n) is 9.29. The van der Waals surface area contributed by atoms with Gasteiger partial charge < -0.3 is 5.32 Å². The van der Waals surface area contributed by atoms with Crippen molar-refractivity contribution in [1.29, 1.82) is 0 Å². The van der Waals surface area contributed by atoms with Crippen molar-refractivity contribution >= 4 is 40.3 Å². The Hall–Kier alpha value is -2.19. The molecule has 0 spiro atoms. The van der Waals surface area contributed by atoms with Gasteiger partial charge in [-0.1, -0.05) is 20.3 Å². The number of nitrogens with one attached hydrogen (secondary N) is 1. The van der Waals surface area contributed by atoms with Crippen LogP contribution in [0.25, 0.3) is 11.2 Å². The summed E-state index contributed by atoms with van der Waals surface area (Å²) in [5.41, 5.74) is 1.59. The Morgan fingerprint density at radius 2 is 2.04 bits per heavy atom. The number of anilines is 1. The predicted molar refractivity (Wildman–Crippen MR) is 114 cm³/mol. The van der Waals surface area contributed by atoms with Crippen LogP contribution >= 0.6 is 23.4 Å². The van der Waals surface area contributed by atoms with Crippen LogP contribution < -0.4 is 10.9 Å². The molecule has 3 heterocycles. The summed E-state index contributed by atoms with van der Waals surface area (Å²) in [6.45, 7) is 6.59. The summed E-state index contributed by atoms with van der Waals surface area (Å²) in [6, 6.07) is 3.95. The highest BCUT2D eigenvalue weighted by Gasteiger charge is 2.17. The number of hydrogen-bond donors (Lipinski definition) is 1. The lowest BCUT2D eigenvalue weighted by molar-refractivity contribution is 0.497. The summed E-state index contributed by atoms with van der Waals surface area (Å²) >= 11 is 7.69. The van der Waals surface area contributed by atoms with E-state index in [-0.39, 0.29) is 22.7 Å². The lowest BCUT2D eigenvalue weighted by atomic mass is 10.2. The van der Waals surface area contributed by atoms with Crippen molar-refractivity contribution in [3.63, 3.8) is 0 Å². The van der Waals surface area contributed by atoms with E-state index < -0.39 is 0 Å². The quantitative estimate of drug-likeness (QED) is 0.430. The van der Waals surface area contributed by atoms with Crippen LogP contribution in [0.4, 0.5) is 5.82 Å². The molecule has 3 aromatic heterocycles. The number of aromatic nitrogens is 5. The van der Waals surface area contributed by atoms with Crippen molar-refractivity contribution in [1.82, 2.24) is 24.5 Å². The lowest BCUT2D eigenvalue weighted by Gasteiger charge is -2.18. The van der Waals surface area contributed by atoms with Crippen molar-refractivity contribution in [2.75, 3.05) is 11.1 Å². The minimum absolute atomic E-state index is 0.0296. The molecule has 0 radical (unpaired) electrons. The fraction of sp³-hybridized carbons (Fsp3) is 0.421. The maximum Gasteiger partial charge on any atom is 0.295 e. The molecule has 7 nitrogen and oxygen atoms in total. The van der Waals surface area contributed by atoms with E-state index in [1.807, 2.05) is 25.3 Å². The van der Waals surface area contributed by atoms with E-state index in [4.69, 9.17) is 11.6 Å². The average Bonchev–Trinajstić information content (AvgIpc) is 2.68. The number of thioether (sulfide) groups is 1. The third-order valence-electron chi connectivity index (χ3n) is 4.30. The summed E-state index contributed by atoms with van der Waals surface area (Å²) in [4.78, 5) is 31.3. The summed E-state index contributed by atoms with van der Waals surface area (Å²) in [5, 5.41) is 3.22. The van der Waals surface area contributed by atoms with Crippen LogP contribution in [-0.4, -0.2) is 30.3 Å². The van der Waals surface area contributed by atoms with Crippen molar-refractivity contribution in [3.8, 4) is 0 Å². The third-order valence-corrected chi connectivity index (χ3v) is 5.34. The molecule has 1 N–H and O–H groups in total. The number of nitrogens with zero attached hydrogens (tertiary/aromatic N) is 5. The Labute approximate surface area is 173 Å². The molecule has 0 aliphatic rings. The topological polar surface area (TPSA) is 85.6 Å². The number of fused-ring (bicyclic) bond motifs is 1. The van der Waals surface area contributed by atoms with Gasteiger partial charge in [-0.05, 0) is 42.8 Å². The lowest BCUT2D eigenvalue weighted by Crippen LogP contribution is -2.28. The fourth-order valence-electron chi connectivity index (χ4n) is 2.99. The van der Waals surface area contributed by atoms with Crippen LogP contribution in [0.5, 0.6) is 0 Å². The monoisotopic (exact) mass is 418 g/mol. The van der Waals surface area contributed by atoms with Gasteiger partial charge in [0.1, 0.15) is 5.52 Å². The molecule has 3 rings (SSSR count). The largest absolute Gasteiger partial charge is 0.360 e. The highest BCUT2D eigenvalue weighted by Crippen LogP contribution is 2.19. The molecule has 0 aliphatic heterocycles. The molecule has 0 amide bonds. The minimum atomic E-state index is -0.221. The normalized spacial score (nSPS) is 12.3. The highest BCUT2D eigenvalue weighted by atomic mass is 35.5. The smallest absolute Gasteiger partial charge is 0.295 e. The van der Waals surface area contributed by atoms with Crippen molar-refractivity contribution in [3.05, 3.63) is 45.9 Å². The number of hydrogen-bond acceptors (Lipinski definition) is 7. The molecule has 0 aromatic carbocycles. The summed E-state index contributed by atoms with van der Waals surface area (Å²) < 4.78 is 1.65. The zero-order chi connectivity index (χ0) is 20.1. The summed E-state index contributed by atoms with van der Waals surface area (Å²) in [7, 11) is 0. The van der Waals surface area contributed by atoms with Gasteiger partial charge in [-0.3, -0.25) is 14.3 Å². The Balaban J connectivity index is 1.93. The second kappa shape index (κ2) is 9.34. The zero-order valence-electron chi connectivity index (χ0n) is 16.1. The van der Waals surface area contributed by atoms with Gasteiger partial charge in [0, 0.05) is 17.1 Å². The molecule has 3 aromatic rings. The molecular formula is C19H23ClN6OS. The maximum absolute atomic E-state index is 13.1. The van der Waals surface area contributed by atoms with Crippen LogP contribution in [0, 0.1) is 0 Å². The van der Waals surface area contributed by atoms with Crippen LogP contribution in [0.1, 0.15) is 45.3 Å². The number of halogens is 1. The Morgan fingerprint density at radius 3 is 2.71 bits per heavy atom. The van der Waals surface area contributed by atoms with Gasteiger partial charge in [-0.25, -0.2) is 9.97 Å². The van der Waals surface area contributed by atoms with E-state index in [9.17, 15) is 4.79 Å². The average molecular weight is 419 g/mol. The molecular weight excluding hydrogens is 396 g/mol. The summed E-state index contributed by atoms with van der Waals surface area (Å²) in [5.74, 6) is 1.26. The van der Waals surface area contributed by atoms with Crippen LogP contribution in [0.3, 0.4) is 0 Å². The first-order valence-corrected chi connectivity index (χ1v) is 10.7. The maximum atomic E-state index is 13.1. The van der Waals surface area contributed by atoms with E-state index in [1.54, 1.807) is 22.5 Å². The van der Waals surface area contributed by atoms with Crippen molar-refractivity contribution < 1.29 is 0 Å². The first-order chi connectivity index (χ1) is 13.5.